The van der Waals surface area contributed by atoms with Gasteiger partial charge in [-0.05, 0) is 12.8 Å². The number of carbonyl (C=O) groups excluding carboxylic acids is 1. The van der Waals surface area contributed by atoms with Gasteiger partial charge in [0.15, 0.2) is 0 Å². The minimum atomic E-state index is 0.0861. The van der Waals surface area contributed by atoms with Gasteiger partial charge in [0.25, 0.3) is 0 Å². The van der Waals surface area contributed by atoms with Crippen LogP contribution in [0.15, 0.2) is 0 Å². The molecule has 0 aromatic heterocycles. The predicted molar refractivity (Wildman–Crippen MR) is 62.3 cm³/mol. The van der Waals surface area contributed by atoms with Gasteiger partial charge in [-0.15, -0.1) is 0 Å². The van der Waals surface area contributed by atoms with Gasteiger partial charge in [-0.2, -0.15) is 0 Å². The van der Waals surface area contributed by atoms with Crippen molar-refractivity contribution in [2.75, 3.05) is 34.0 Å². The molecule has 0 saturated heterocycles. The quantitative estimate of drug-likeness (QED) is 0.647. The van der Waals surface area contributed by atoms with Crippen LogP contribution in [0.4, 0.5) is 0 Å². The summed E-state index contributed by atoms with van der Waals surface area (Å²) in [7, 11) is 3.51. The lowest BCUT2D eigenvalue weighted by Gasteiger charge is -2.31. The van der Waals surface area contributed by atoms with E-state index in [-0.39, 0.29) is 12.5 Å². The van der Waals surface area contributed by atoms with Gasteiger partial charge in [0.2, 0.25) is 5.91 Å². The summed E-state index contributed by atoms with van der Waals surface area (Å²) in [6.45, 7) is 1.21. The van der Waals surface area contributed by atoms with Crippen LogP contribution in [0.5, 0.6) is 0 Å². The number of amides is 1. The average Bonchev–Trinajstić information content (AvgIpc) is 2.34. The zero-order chi connectivity index (χ0) is 11.8. The summed E-state index contributed by atoms with van der Waals surface area (Å²) < 4.78 is 10.1. The number of nitrogens with zero attached hydrogens (tertiary/aromatic N) is 1. The van der Waals surface area contributed by atoms with Crippen LogP contribution in [-0.2, 0) is 14.3 Å². The maximum absolute atomic E-state index is 11.8. The summed E-state index contributed by atoms with van der Waals surface area (Å²) in [4.78, 5) is 13.6. The topological polar surface area (TPSA) is 38.8 Å². The van der Waals surface area contributed by atoms with Crippen LogP contribution in [0.2, 0.25) is 0 Å². The maximum Gasteiger partial charge on any atom is 0.248 e. The lowest BCUT2D eigenvalue weighted by molar-refractivity contribution is -0.137. The molecule has 1 aliphatic rings. The van der Waals surface area contributed by atoms with Crippen LogP contribution < -0.4 is 0 Å². The molecular weight excluding hydrogens is 206 g/mol. The predicted octanol–water partition coefficient (Wildman–Crippen LogP) is 1.44. The van der Waals surface area contributed by atoms with Gasteiger partial charge in [0.05, 0.1) is 13.2 Å². The molecule has 0 unspecified atom stereocenters. The lowest BCUT2D eigenvalue weighted by Crippen LogP contribution is -2.40. The molecule has 0 atom stereocenters. The van der Waals surface area contributed by atoms with E-state index in [1.165, 1.54) is 19.3 Å². The van der Waals surface area contributed by atoms with E-state index in [1.54, 1.807) is 7.11 Å². The highest BCUT2D eigenvalue weighted by Gasteiger charge is 2.21. The van der Waals surface area contributed by atoms with E-state index >= 15 is 0 Å². The number of methoxy groups -OCH3 is 1. The molecule has 94 valence electrons. The van der Waals surface area contributed by atoms with Crippen LogP contribution in [0.1, 0.15) is 32.1 Å². The minimum Gasteiger partial charge on any atom is -0.382 e. The Bertz CT molecular complexity index is 202. The normalized spacial score (nSPS) is 17.4. The standard InChI is InChI=1S/C12H23NO3/c1-13(11-6-4-3-5-7-11)12(14)10-16-9-8-15-2/h11H,3-10H2,1-2H3. The highest BCUT2D eigenvalue weighted by Crippen LogP contribution is 2.21. The fourth-order valence-corrected chi connectivity index (χ4v) is 2.08. The van der Waals surface area contributed by atoms with Crippen molar-refractivity contribution >= 4 is 5.91 Å². The monoisotopic (exact) mass is 229 g/mol. The molecule has 0 bridgehead atoms. The third-order valence-electron chi connectivity index (χ3n) is 3.17. The van der Waals surface area contributed by atoms with Crippen molar-refractivity contribution in [2.24, 2.45) is 0 Å². The average molecular weight is 229 g/mol. The Morgan fingerprint density at radius 3 is 2.56 bits per heavy atom. The number of rotatable bonds is 6. The first kappa shape index (κ1) is 13.5. The van der Waals surface area contributed by atoms with Gasteiger partial charge < -0.3 is 14.4 Å². The summed E-state index contributed by atoms with van der Waals surface area (Å²) in [6.07, 6.45) is 6.07. The molecule has 16 heavy (non-hydrogen) atoms. The molecule has 1 amide bonds. The van der Waals surface area contributed by atoms with E-state index in [0.717, 1.165) is 12.8 Å². The Hall–Kier alpha value is -0.610. The molecule has 4 heteroatoms. The Balaban J connectivity index is 2.18. The molecule has 0 N–H and O–H groups in total. The van der Waals surface area contributed by atoms with Crippen LogP contribution in [0.25, 0.3) is 0 Å². The molecule has 1 fully saturated rings. The maximum atomic E-state index is 11.8. The van der Waals surface area contributed by atoms with E-state index in [0.29, 0.717) is 19.3 Å². The van der Waals surface area contributed by atoms with Gasteiger partial charge in [0.1, 0.15) is 6.61 Å². The molecule has 0 radical (unpaired) electrons. The van der Waals surface area contributed by atoms with Crippen molar-refractivity contribution in [3.05, 3.63) is 0 Å². The lowest BCUT2D eigenvalue weighted by atomic mass is 9.94. The van der Waals surface area contributed by atoms with Crippen LogP contribution in [0, 0.1) is 0 Å². The Morgan fingerprint density at radius 1 is 1.25 bits per heavy atom. The number of carbonyl (C=O) groups is 1. The Labute approximate surface area is 97.9 Å². The summed E-state index contributed by atoms with van der Waals surface area (Å²) in [5.41, 5.74) is 0. The summed E-state index contributed by atoms with van der Waals surface area (Å²) in [5, 5.41) is 0. The van der Waals surface area contributed by atoms with E-state index in [1.807, 2.05) is 11.9 Å². The van der Waals surface area contributed by atoms with E-state index in [4.69, 9.17) is 9.47 Å². The first-order valence-corrected chi connectivity index (χ1v) is 6.08. The molecular formula is C12H23NO3. The van der Waals surface area contributed by atoms with Crippen molar-refractivity contribution in [3.63, 3.8) is 0 Å². The fourth-order valence-electron chi connectivity index (χ4n) is 2.08. The molecule has 0 aliphatic heterocycles. The Kier molecular flexibility index (Phi) is 6.42. The second-order valence-corrected chi connectivity index (χ2v) is 4.34. The van der Waals surface area contributed by atoms with Crippen LogP contribution in [0.3, 0.4) is 0 Å². The van der Waals surface area contributed by atoms with Crippen molar-refractivity contribution in [1.82, 2.24) is 4.90 Å². The minimum absolute atomic E-state index is 0.0861. The van der Waals surface area contributed by atoms with Crippen LogP contribution in [-0.4, -0.2) is 50.8 Å². The zero-order valence-corrected chi connectivity index (χ0v) is 10.4. The van der Waals surface area contributed by atoms with Gasteiger partial charge in [-0.3, -0.25) is 4.79 Å². The molecule has 1 aliphatic carbocycles. The summed E-state index contributed by atoms with van der Waals surface area (Å²) >= 11 is 0. The summed E-state index contributed by atoms with van der Waals surface area (Å²) in [6, 6.07) is 0.423. The van der Waals surface area contributed by atoms with Crippen molar-refractivity contribution in [1.29, 1.82) is 0 Å². The smallest absolute Gasteiger partial charge is 0.248 e. The molecule has 1 saturated carbocycles. The highest BCUT2D eigenvalue weighted by atomic mass is 16.5. The molecule has 4 nitrogen and oxygen atoms in total. The first-order valence-electron chi connectivity index (χ1n) is 6.08. The van der Waals surface area contributed by atoms with Gasteiger partial charge in [-0.1, -0.05) is 19.3 Å². The fraction of sp³-hybridized carbons (Fsp3) is 0.917. The SMILES string of the molecule is COCCOCC(=O)N(C)C1CCCCC1. The molecule has 0 aromatic carbocycles. The highest BCUT2D eigenvalue weighted by molar-refractivity contribution is 5.77. The second-order valence-electron chi connectivity index (χ2n) is 4.34. The zero-order valence-electron chi connectivity index (χ0n) is 10.4. The second kappa shape index (κ2) is 7.63. The van der Waals surface area contributed by atoms with Crippen molar-refractivity contribution in [2.45, 2.75) is 38.1 Å². The third-order valence-corrected chi connectivity index (χ3v) is 3.17. The number of hydrogen-bond donors (Lipinski definition) is 0. The third kappa shape index (κ3) is 4.49. The van der Waals surface area contributed by atoms with Gasteiger partial charge in [0, 0.05) is 20.2 Å². The van der Waals surface area contributed by atoms with Gasteiger partial charge >= 0.3 is 0 Å². The Morgan fingerprint density at radius 2 is 1.94 bits per heavy atom. The van der Waals surface area contributed by atoms with E-state index in [9.17, 15) is 4.79 Å². The number of ether oxygens (including phenoxy) is 2. The van der Waals surface area contributed by atoms with E-state index in [2.05, 4.69) is 0 Å². The molecule has 0 spiro atoms. The molecule has 0 heterocycles. The largest absolute Gasteiger partial charge is 0.382 e. The molecule has 0 aromatic rings. The van der Waals surface area contributed by atoms with Gasteiger partial charge in [-0.25, -0.2) is 0 Å². The number of hydrogen-bond acceptors (Lipinski definition) is 3. The van der Waals surface area contributed by atoms with Crippen molar-refractivity contribution in [3.8, 4) is 0 Å². The molecule has 1 rings (SSSR count). The first-order chi connectivity index (χ1) is 7.75. The van der Waals surface area contributed by atoms with E-state index < -0.39 is 0 Å². The summed E-state index contributed by atoms with van der Waals surface area (Å²) in [5.74, 6) is 0.0861. The number of likely N-dealkylation sites (N-methyl/N-ethyl adjacent to an activating group) is 1. The van der Waals surface area contributed by atoms with Crippen LogP contribution >= 0.6 is 0 Å². The van der Waals surface area contributed by atoms with Crippen molar-refractivity contribution < 1.29 is 14.3 Å².